The molecule has 5 nitrogen and oxygen atoms in total. The number of nitrogens with two attached hydrogens (primary N) is 1. The molecule has 1 atom stereocenters. The zero-order valence-electron chi connectivity index (χ0n) is 9.87. The normalized spacial score (nSPS) is 12.1. The molecule has 0 aromatic rings. The van der Waals surface area contributed by atoms with Crippen LogP contribution in [0, 0.1) is 5.92 Å². The Labute approximate surface area is 96.4 Å². The van der Waals surface area contributed by atoms with Crippen LogP contribution in [0.25, 0.3) is 0 Å². The van der Waals surface area contributed by atoms with E-state index in [2.05, 4.69) is 5.32 Å². The summed E-state index contributed by atoms with van der Waals surface area (Å²) in [4.78, 5) is 21.7. The molecule has 0 bridgehead atoms. The number of amides is 1. The van der Waals surface area contributed by atoms with Gasteiger partial charge in [-0.15, -0.1) is 0 Å². The molecule has 4 N–H and O–H groups in total. The van der Waals surface area contributed by atoms with Crippen LogP contribution in [0.2, 0.25) is 0 Å². The maximum atomic E-state index is 11.5. The SMILES string of the molecule is CCC(CN)C(=O)NCCCCCC(=O)O. The molecule has 0 spiro atoms. The highest BCUT2D eigenvalue weighted by Gasteiger charge is 2.12. The lowest BCUT2D eigenvalue weighted by Gasteiger charge is -2.12. The molecule has 0 heterocycles. The molecule has 0 radical (unpaired) electrons. The van der Waals surface area contributed by atoms with Crippen molar-refractivity contribution in [2.45, 2.75) is 39.0 Å². The third-order valence-corrected chi connectivity index (χ3v) is 2.51. The Morgan fingerprint density at radius 2 is 2.00 bits per heavy atom. The summed E-state index contributed by atoms with van der Waals surface area (Å²) in [6, 6.07) is 0. The summed E-state index contributed by atoms with van der Waals surface area (Å²) in [5, 5.41) is 11.2. The third kappa shape index (κ3) is 7.23. The van der Waals surface area contributed by atoms with Crippen molar-refractivity contribution in [3.05, 3.63) is 0 Å². The van der Waals surface area contributed by atoms with Crippen LogP contribution in [0.5, 0.6) is 0 Å². The number of nitrogens with one attached hydrogen (secondary N) is 1. The number of hydrogen-bond donors (Lipinski definition) is 3. The number of hydrogen-bond acceptors (Lipinski definition) is 3. The van der Waals surface area contributed by atoms with Crippen molar-refractivity contribution in [3.63, 3.8) is 0 Å². The first-order valence-electron chi connectivity index (χ1n) is 5.81. The molecule has 1 amide bonds. The van der Waals surface area contributed by atoms with Crippen molar-refractivity contribution in [1.82, 2.24) is 5.32 Å². The minimum Gasteiger partial charge on any atom is -0.481 e. The maximum Gasteiger partial charge on any atom is 0.303 e. The first-order chi connectivity index (χ1) is 7.61. The van der Waals surface area contributed by atoms with Gasteiger partial charge in [-0.25, -0.2) is 0 Å². The molecule has 0 aliphatic rings. The molecule has 5 heteroatoms. The molecule has 0 rings (SSSR count). The molecule has 0 aromatic heterocycles. The van der Waals surface area contributed by atoms with Crippen molar-refractivity contribution in [2.75, 3.05) is 13.1 Å². The quantitative estimate of drug-likeness (QED) is 0.509. The predicted octanol–water partition coefficient (Wildman–Crippen LogP) is 0.733. The maximum absolute atomic E-state index is 11.5. The van der Waals surface area contributed by atoms with E-state index in [4.69, 9.17) is 10.8 Å². The van der Waals surface area contributed by atoms with E-state index < -0.39 is 5.97 Å². The first kappa shape index (κ1) is 14.9. The van der Waals surface area contributed by atoms with Gasteiger partial charge in [-0.05, 0) is 19.3 Å². The average Bonchev–Trinajstić information content (AvgIpc) is 2.24. The number of aliphatic carboxylic acids is 1. The summed E-state index contributed by atoms with van der Waals surface area (Å²) in [5.74, 6) is -0.861. The first-order valence-corrected chi connectivity index (χ1v) is 5.81. The van der Waals surface area contributed by atoms with Crippen LogP contribution in [0.4, 0.5) is 0 Å². The Morgan fingerprint density at radius 1 is 1.31 bits per heavy atom. The lowest BCUT2D eigenvalue weighted by atomic mass is 10.1. The number of carboxylic acid groups (broad SMARTS) is 1. The van der Waals surface area contributed by atoms with Gasteiger partial charge >= 0.3 is 5.97 Å². The second kappa shape index (κ2) is 9.15. The highest BCUT2D eigenvalue weighted by molar-refractivity contribution is 5.78. The highest BCUT2D eigenvalue weighted by Crippen LogP contribution is 2.01. The molecule has 0 saturated heterocycles. The molecule has 0 aromatic carbocycles. The van der Waals surface area contributed by atoms with Crippen LogP contribution in [0.15, 0.2) is 0 Å². The summed E-state index contributed by atoms with van der Waals surface area (Å²) in [7, 11) is 0. The molecule has 0 fully saturated rings. The van der Waals surface area contributed by atoms with Gasteiger partial charge in [-0.2, -0.15) is 0 Å². The van der Waals surface area contributed by atoms with E-state index in [1.165, 1.54) is 0 Å². The molecule has 16 heavy (non-hydrogen) atoms. The fourth-order valence-electron chi connectivity index (χ4n) is 1.39. The van der Waals surface area contributed by atoms with Crippen molar-refractivity contribution < 1.29 is 14.7 Å². The monoisotopic (exact) mass is 230 g/mol. The van der Waals surface area contributed by atoms with E-state index in [-0.39, 0.29) is 18.2 Å². The van der Waals surface area contributed by atoms with Gasteiger partial charge in [0, 0.05) is 25.4 Å². The number of unbranched alkanes of at least 4 members (excludes halogenated alkanes) is 2. The van der Waals surface area contributed by atoms with Crippen LogP contribution < -0.4 is 11.1 Å². The highest BCUT2D eigenvalue weighted by atomic mass is 16.4. The number of carbonyl (C=O) groups is 2. The van der Waals surface area contributed by atoms with Crippen LogP contribution in [0.3, 0.4) is 0 Å². The summed E-state index contributed by atoms with van der Waals surface area (Å²) >= 11 is 0. The van der Waals surface area contributed by atoms with E-state index in [9.17, 15) is 9.59 Å². The van der Waals surface area contributed by atoms with Crippen LogP contribution in [-0.4, -0.2) is 30.1 Å². The summed E-state index contributed by atoms with van der Waals surface area (Å²) in [6.45, 7) is 2.92. The molecular formula is C11H22N2O3. The number of carboxylic acids is 1. The van der Waals surface area contributed by atoms with Crippen LogP contribution in [0.1, 0.15) is 39.0 Å². The molecule has 0 aliphatic heterocycles. The third-order valence-electron chi connectivity index (χ3n) is 2.51. The Balaban J connectivity index is 3.44. The van der Waals surface area contributed by atoms with Crippen molar-refractivity contribution in [2.24, 2.45) is 11.7 Å². The lowest BCUT2D eigenvalue weighted by molar-refractivity contribution is -0.137. The van der Waals surface area contributed by atoms with Gasteiger partial charge in [0.1, 0.15) is 0 Å². The smallest absolute Gasteiger partial charge is 0.303 e. The van der Waals surface area contributed by atoms with Crippen molar-refractivity contribution in [3.8, 4) is 0 Å². The van der Waals surface area contributed by atoms with Gasteiger partial charge in [-0.3, -0.25) is 9.59 Å². The minimum atomic E-state index is -0.766. The second-order valence-electron chi connectivity index (χ2n) is 3.84. The Hall–Kier alpha value is -1.10. The Bertz CT molecular complexity index is 215. The topological polar surface area (TPSA) is 92.4 Å². The van der Waals surface area contributed by atoms with E-state index in [1.807, 2.05) is 6.92 Å². The minimum absolute atomic E-state index is 0.00299. The number of carbonyl (C=O) groups excluding carboxylic acids is 1. The predicted molar refractivity (Wildman–Crippen MR) is 61.9 cm³/mol. The molecule has 1 unspecified atom stereocenters. The summed E-state index contributed by atoms with van der Waals surface area (Å²) in [5.41, 5.74) is 5.44. The van der Waals surface area contributed by atoms with Gasteiger partial charge in [0.2, 0.25) is 5.91 Å². The number of rotatable bonds is 9. The lowest BCUT2D eigenvalue weighted by Crippen LogP contribution is -2.35. The fraction of sp³-hybridized carbons (Fsp3) is 0.818. The fourth-order valence-corrected chi connectivity index (χ4v) is 1.39. The van der Waals surface area contributed by atoms with E-state index in [0.717, 1.165) is 19.3 Å². The summed E-state index contributed by atoms with van der Waals surface area (Å²) in [6.07, 6.45) is 3.26. The van der Waals surface area contributed by atoms with E-state index >= 15 is 0 Å². The van der Waals surface area contributed by atoms with Crippen LogP contribution >= 0.6 is 0 Å². The van der Waals surface area contributed by atoms with Crippen LogP contribution in [-0.2, 0) is 9.59 Å². The van der Waals surface area contributed by atoms with Gasteiger partial charge < -0.3 is 16.2 Å². The van der Waals surface area contributed by atoms with E-state index in [0.29, 0.717) is 19.5 Å². The standard InChI is InChI=1S/C11H22N2O3/c1-2-9(8-12)11(16)13-7-5-3-4-6-10(14)15/h9H,2-8,12H2,1H3,(H,13,16)(H,14,15). The summed E-state index contributed by atoms with van der Waals surface area (Å²) < 4.78 is 0. The zero-order valence-corrected chi connectivity index (χ0v) is 9.87. The molecular weight excluding hydrogens is 208 g/mol. The Morgan fingerprint density at radius 3 is 2.50 bits per heavy atom. The van der Waals surface area contributed by atoms with E-state index in [1.54, 1.807) is 0 Å². The van der Waals surface area contributed by atoms with Gasteiger partial charge in [0.05, 0.1) is 0 Å². The molecule has 0 aliphatic carbocycles. The zero-order chi connectivity index (χ0) is 12.4. The Kier molecular flexibility index (Phi) is 8.52. The molecule has 94 valence electrons. The van der Waals surface area contributed by atoms with Gasteiger partial charge in [0.25, 0.3) is 0 Å². The van der Waals surface area contributed by atoms with Crippen molar-refractivity contribution >= 4 is 11.9 Å². The average molecular weight is 230 g/mol. The molecule has 0 saturated carbocycles. The largest absolute Gasteiger partial charge is 0.481 e. The van der Waals surface area contributed by atoms with Gasteiger partial charge in [0.15, 0.2) is 0 Å². The van der Waals surface area contributed by atoms with Crippen molar-refractivity contribution in [1.29, 1.82) is 0 Å². The second-order valence-corrected chi connectivity index (χ2v) is 3.84. The van der Waals surface area contributed by atoms with Gasteiger partial charge in [-0.1, -0.05) is 13.3 Å².